The summed E-state index contributed by atoms with van der Waals surface area (Å²) < 4.78 is 7.45. The molecule has 3 rings (SSSR count). The maximum atomic E-state index is 12.2. The van der Waals surface area contributed by atoms with Crippen molar-refractivity contribution < 1.29 is 9.21 Å². The molecule has 0 fully saturated rings. The van der Waals surface area contributed by atoms with E-state index >= 15 is 0 Å². The SMILES string of the molecule is Cc1cc(C(=O)NCc2nnc3n2CCNCC3)c(C)o1. The van der Waals surface area contributed by atoms with Crippen LogP contribution in [0.15, 0.2) is 10.5 Å². The molecule has 3 heterocycles. The molecule has 2 aromatic heterocycles. The summed E-state index contributed by atoms with van der Waals surface area (Å²) in [5.74, 6) is 2.99. The number of aromatic nitrogens is 3. The highest BCUT2D eigenvalue weighted by molar-refractivity contribution is 5.95. The predicted molar refractivity (Wildman–Crippen MR) is 75.9 cm³/mol. The molecule has 1 amide bonds. The van der Waals surface area contributed by atoms with E-state index in [1.54, 1.807) is 13.0 Å². The van der Waals surface area contributed by atoms with Crippen LogP contribution in [0.1, 0.15) is 33.5 Å². The molecule has 0 saturated carbocycles. The van der Waals surface area contributed by atoms with Gasteiger partial charge < -0.3 is 19.6 Å². The third kappa shape index (κ3) is 2.82. The van der Waals surface area contributed by atoms with Crippen molar-refractivity contribution in [3.8, 4) is 0 Å². The van der Waals surface area contributed by atoms with Gasteiger partial charge in [-0.3, -0.25) is 4.79 Å². The van der Waals surface area contributed by atoms with E-state index < -0.39 is 0 Å². The number of carbonyl (C=O) groups excluding carboxylic acids is 1. The number of nitrogens with zero attached hydrogens (tertiary/aromatic N) is 3. The molecule has 2 N–H and O–H groups in total. The lowest BCUT2D eigenvalue weighted by Crippen LogP contribution is -2.26. The molecule has 0 radical (unpaired) electrons. The summed E-state index contributed by atoms with van der Waals surface area (Å²) in [5.41, 5.74) is 0.574. The third-order valence-electron chi connectivity index (χ3n) is 3.63. The van der Waals surface area contributed by atoms with E-state index in [0.29, 0.717) is 17.9 Å². The van der Waals surface area contributed by atoms with E-state index in [1.807, 2.05) is 6.92 Å². The first kappa shape index (κ1) is 13.8. The average Bonchev–Trinajstić information content (AvgIpc) is 2.90. The minimum Gasteiger partial charge on any atom is -0.466 e. The van der Waals surface area contributed by atoms with Gasteiger partial charge in [0.2, 0.25) is 0 Å². The molecule has 21 heavy (non-hydrogen) atoms. The Balaban J connectivity index is 1.69. The molecule has 0 saturated heterocycles. The number of furan rings is 1. The monoisotopic (exact) mass is 289 g/mol. The van der Waals surface area contributed by atoms with Gasteiger partial charge in [0.05, 0.1) is 12.1 Å². The maximum Gasteiger partial charge on any atom is 0.255 e. The quantitative estimate of drug-likeness (QED) is 0.862. The van der Waals surface area contributed by atoms with Gasteiger partial charge in [-0.25, -0.2) is 0 Å². The number of hydrogen-bond donors (Lipinski definition) is 2. The number of amides is 1. The molecule has 7 nitrogen and oxygen atoms in total. The lowest BCUT2D eigenvalue weighted by molar-refractivity contribution is 0.0948. The molecule has 7 heteroatoms. The van der Waals surface area contributed by atoms with Crippen LogP contribution in [0.5, 0.6) is 0 Å². The standard InChI is InChI=1S/C14H19N5O2/c1-9-7-11(10(2)21-9)14(20)16-8-13-18-17-12-3-4-15-5-6-19(12)13/h7,15H,3-6,8H2,1-2H3,(H,16,20). The van der Waals surface area contributed by atoms with Crippen molar-refractivity contribution in [2.75, 3.05) is 13.1 Å². The second-order valence-electron chi connectivity index (χ2n) is 5.19. The summed E-state index contributed by atoms with van der Waals surface area (Å²) in [6.07, 6.45) is 0.862. The highest BCUT2D eigenvalue weighted by atomic mass is 16.3. The van der Waals surface area contributed by atoms with Crippen LogP contribution in [-0.2, 0) is 19.5 Å². The van der Waals surface area contributed by atoms with Crippen LogP contribution in [0.2, 0.25) is 0 Å². The molecule has 0 aromatic carbocycles. The second-order valence-corrected chi connectivity index (χ2v) is 5.19. The predicted octanol–water partition coefficient (Wildman–Crippen LogP) is 0.564. The van der Waals surface area contributed by atoms with Crippen LogP contribution in [-0.4, -0.2) is 33.8 Å². The summed E-state index contributed by atoms with van der Waals surface area (Å²) in [6.45, 7) is 6.63. The summed E-state index contributed by atoms with van der Waals surface area (Å²) >= 11 is 0. The van der Waals surface area contributed by atoms with Crippen LogP contribution in [0.3, 0.4) is 0 Å². The fourth-order valence-corrected chi connectivity index (χ4v) is 2.57. The first-order chi connectivity index (χ1) is 10.1. The fourth-order valence-electron chi connectivity index (χ4n) is 2.57. The molecule has 0 spiro atoms. The van der Waals surface area contributed by atoms with Crippen LogP contribution in [0.4, 0.5) is 0 Å². The van der Waals surface area contributed by atoms with Gasteiger partial charge in [0.1, 0.15) is 17.3 Å². The summed E-state index contributed by atoms with van der Waals surface area (Å²) in [6, 6.07) is 1.75. The summed E-state index contributed by atoms with van der Waals surface area (Å²) in [4.78, 5) is 12.2. The molecule has 1 aliphatic heterocycles. The maximum absolute atomic E-state index is 12.2. The molecule has 2 aromatic rings. The Bertz CT molecular complexity index is 658. The minimum atomic E-state index is -0.145. The van der Waals surface area contributed by atoms with Crippen LogP contribution in [0.25, 0.3) is 0 Å². The van der Waals surface area contributed by atoms with Gasteiger partial charge in [0, 0.05) is 26.1 Å². The van der Waals surface area contributed by atoms with Gasteiger partial charge in [0.25, 0.3) is 5.91 Å². The molecule has 1 aliphatic rings. The number of fused-ring (bicyclic) bond motifs is 1. The summed E-state index contributed by atoms with van der Waals surface area (Å²) in [5, 5.41) is 14.6. The average molecular weight is 289 g/mol. The molecule has 0 unspecified atom stereocenters. The van der Waals surface area contributed by atoms with Gasteiger partial charge in [-0.2, -0.15) is 0 Å². The number of aryl methyl sites for hydroxylation is 2. The Morgan fingerprint density at radius 1 is 1.43 bits per heavy atom. The van der Waals surface area contributed by atoms with Crippen molar-refractivity contribution in [1.82, 2.24) is 25.4 Å². The number of rotatable bonds is 3. The Hall–Kier alpha value is -2.15. The van der Waals surface area contributed by atoms with E-state index in [1.165, 1.54) is 0 Å². The zero-order valence-electron chi connectivity index (χ0n) is 12.3. The molecular formula is C14H19N5O2. The lowest BCUT2D eigenvalue weighted by atomic mass is 10.2. The Morgan fingerprint density at radius 2 is 2.29 bits per heavy atom. The fraction of sp³-hybridized carbons (Fsp3) is 0.500. The van der Waals surface area contributed by atoms with Gasteiger partial charge in [-0.1, -0.05) is 0 Å². The number of hydrogen-bond acceptors (Lipinski definition) is 5. The Kier molecular flexibility index (Phi) is 3.74. The molecule has 112 valence electrons. The van der Waals surface area contributed by atoms with Crippen molar-refractivity contribution >= 4 is 5.91 Å². The smallest absolute Gasteiger partial charge is 0.255 e. The Morgan fingerprint density at radius 3 is 3.05 bits per heavy atom. The van der Waals surface area contributed by atoms with Crippen molar-refractivity contribution in [3.05, 3.63) is 34.8 Å². The Labute approximate surface area is 122 Å². The van der Waals surface area contributed by atoms with E-state index in [9.17, 15) is 4.79 Å². The first-order valence-corrected chi connectivity index (χ1v) is 7.12. The molecule has 0 bridgehead atoms. The lowest BCUT2D eigenvalue weighted by Gasteiger charge is -2.07. The topological polar surface area (TPSA) is 85.0 Å². The van der Waals surface area contributed by atoms with Crippen LogP contribution in [0, 0.1) is 13.8 Å². The second kappa shape index (κ2) is 5.69. The number of nitrogens with one attached hydrogen (secondary N) is 2. The van der Waals surface area contributed by atoms with E-state index in [0.717, 1.165) is 43.5 Å². The zero-order valence-corrected chi connectivity index (χ0v) is 12.3. The molecule has 0 aliphatic carbocycles. The van der Waals surface area contributed by atoms with Gasteiger partial charge in [-0.05, 0) is 19.9 Å². The van der Waals surface area contributed by atoms with E-state index in [4.69, 9.17) is 4.42 Å². The van der Waals surface area contributed by atoms with E-state index in [2.05, 4.69) is 25.4 Å². The van der Waals surface area contributed by atoms with Gasteiger partial charge >= 0.3 is 0 Å². The molecule has 0 atom stereocenters. The van der Waals surface area contributed by atoms with Crippen LogP contribution >= 0.6 is 0 Å². The number of carbonyl (C=O) groups is 1. The summed E-state index contributed by atoms with van der Waals surface area (Å²) in [7, 11) is 0. The normalized spacial score (nSPS) is 14.6. The van der Waals surface area contributed by atoms with Crippen molar-refractivity contribution in [3.63, 3.8) is 0 Å². The van der Waals surface area contributed by atoms with Crippen LogP contribution < -0.4 is 10.6 Å². The van der Waals surface area contributed by atoms with Crippen molar-refractivity contribution in [2.45, 2.75) is 33.4 Å². The third-order valence-corrected chi connectivity index (χ3v) is 3.63. The largest absolute Gasteiger partial charge is 0.466 e. The highest BCUT2D eigenvalue weighted by Gasteiger charge is 2.17. The highest BCUT2D eigenvalue weighted by Crippen LogP contribution is 2.13. The van der Waals surface area contributed by atoms with Crippen molar-refractivity contribution in [2.24, 2.45) is 0 Å². The van der Waals surface area contributed by atoms with Crippen molar-refractivity contribution in [1.29, 1.82) is 0 Å². The van der Waals surface area contributed by atoms with Gasteiger partial charge in [0.15, 0.2) is 5.82 Å². The molecular weight excluding hydrogens is 270 g/mol. The first-order valence-electron chi connectivity index (χ1n) is 7.12. The zero-order chi connectivity index (χ0) is 14.8. The minimum absolute atomic E-state index is 0.145. The van der Waals surface area contributed by atoms with E-state index in [-0.39, 0.29) is 5.91 Å². The van der Waals surface area contributed by atoms with Gasteiger partial charge in [-0.15, -0.1) is 10.2 Å².